The minimum Gasteiger partial charge on any atom is -0.462 e. The van der Waals surface area contributed by atoms with Crippen molar-refractivity contribution in [3.05, 3.63) is 0 Å². The molecule has 0 rings (SSSR count). The Labute approximate surface area is 418 Å². The Morgan fingerprint density at radius 1 is 0.299 bits per heavy atom. The minimum atomic E-state index is -0.764. The number of ether oxygens (including phenoxy) is 3. The summed E-state index contributed by atoms with van der Waals surface area (Å²) in [6, 6.07) is 0. The molecule has 0 aromatic carbocycles. The van der Waals surface area contributed by atoms with Gasteiger partial charge in [0.05, 0.1) is 0 Å². The number of hydrogen-bond acceptors (Lipinski definition) is 6. The van der Waals surface area contributed by atoms with Gasteiger partial charge in [0.15, 0.2) is 6.10 Å². The zero-order chi connectivity index (χ0) is 49.1. The molecular formula is C61H118O6. The van der Waals surface area contributed by atoms with E-state index in [2.05, 4.69) is 41.5 Å². The van der Waals surface area contributed by atoms with Crippen LogP contribution < -0.4 is 0 Å². The fourth-order valence-electron chi connectivity index (χ4n) is 9.29. The highest BCUT2D eigenvalue weighted by atomic mass is 16.6. The Hall–Kier alpha value is -1.59. The third-order valence-corrected chi connectivity index (χ3v) is 14.6. The lowest BCUT2D eigenvalue weighted by molar-refractivity contribution is -0.167. The van der Waals surface area contributed by atoms with Crippen LogP contribution in [0.25, 0.3) is 0 Å². The zero-order valence-electron chi connectivity index (χ0n) is 46.2. The van der Waals surface area contributed by atoms with E-state index in [4.69, 9.17) is 14.2 Å². The van der Waals surface area contributed by atoms with Crippen molar-refractivity contribution in [1.29, 1.82) is 0 Å². The molecule has 398 valence electrons. The molecule has 67 heavy (non-hydrogen) atoms. The number of hydrogen-bond donors (Lipinski definition) is 0. The maximum atomic E-state index is 12.9. The summed E-state index contributed by atoms with van der Waals surface area (Å²) in [4.78, 5) is 38.1. The molecule has 0 aromatic rings. The van der Waals surface area contributed by atoms with Crippen LogP contribution in [-0.4, -0.2) is 37.2 Å². The van der Waals surface area contributed by atoms with Gasteiger partial charge in [-0.15, -0.1) is 0 Å². The lowest BCUT2D eigenvalue weighted by Crippen LogP contribution is -2.30. The third kappa shape index (κ3) is 52.1. The van der Waals surface area contributed by atoms with Crippen molar-refractivity contribution in [3.63, 3.8) is 0 Å². The highest BCUT2D eigenvalue weighted by Crippen LogP contribution is 2.19. The molecule has 0 aromatic heterocycles. The van der Waals surface area contributed by atoms with Crippen molar-refractivity contribution in [2.45, 2.75) is 343 Å². The van der Waals surface area contributed by atoms with Gasteiger partial charge in [-0.1, -0.05) is 298 Å². The number of carbonyl (C=O) groups is 3. The first kappa shape index (κ1) is 65.4. The second kappa shape index (κ2) is 52.2. The average molecular weight is 948 g/mol. The summed E-state index contributed by atoms with van der Waals surface area (Å²) in [5.74, 6) is 1.72. The summed E-state index contributed by atoms with van der Waals surface area (Å²) in [7, 11) is 0. The molecular weight excluding hydrogens is 829 g/mol. The fourth-order valence-corrected chi connectivity index (χ4v) is 9.29. The van der Waals surface area contributed by atoms with E-state index in [9.17, 15) is 14.4 Å². The Morgan fingerprint density at radius 3 is 0.776 bits per heavy atom. The van der Waals surface area contributed by atoms with Crippen LogP contribution in [0.2, 0.25) is 0 Å². The molecule has 0 bridgehead atoms. The van der Waals surface area contributed by atoms with Crippen molar-refractivity contribution in [3.8, 4) is 0 Å². The molecule has 0 fully saturated rings. The number of carbonyl (C=O) groups excluding carboxylic acids is 3. The molecule has 0 heterocycles. The maximum absolute atomic E-state index is 12.9. The molecule has 0 radical (unpaired) electrons. The second-order valence-electron chi connectivity index (χ2n) is 21.9. The molecule has 0 aliphatic heterocycles. The standard InChI is InChI=1S/C61H118O6/c1-7-56(5)48-42-36-30-26-22-18-15-16-20-24-28-32-40-46-52-61(64)67-58(54-66-60(63)51-45-39-34-33-37-43-49-57(6)8-2)53-65-59(62)50-44-38-31-27-23-19-14-12-10-9-11-13-17-21-25-29-35-41-47-55(3)4/h55-58H,7-54H2,1-6H3/t56?,57?,58-/m0/s1. The van der Waals surface area contributed by atoms with E-state index >= 15 is 0 Å². The fraction of sp³-hybridized carbons (Fsp3) is 0.951. The molecule has 6 nitrogen and oxygen atoms in total. The summed E-state index contributed by atoms with van der Waals surface area (Å²) < 4.78 is 16.9. The van der Waals surface area contributed by atoms with Crippen LogP contribution in [0.1, 0.15) is 337 Å². The Kier molecular flexibility index (Phi) is 51.0. The van der Waals surface area contributed by atoms with Crippen LogP contribution in [-0.2, 0) is 28.6 Å². The van der Waals surface area contributed by atoms with Crippen molar-refractivity contribution >= 4 is 17.9 Å². The van der Waals surface area contributed by atoms with Gasteiger partial charge >= 0.3 is 17.9 Å². The normalized spacial score (nSPS) is 12.9. The summed E-state index contributed by atoms with van der Waals surface area (Å²) in [6.07, 6.45) is 55.3. The zero-order valence-corrected chi connectivity index (χ0v) is 46.2. The van der Waals surface area contributed by atoms with Gasteiger partial charge in [0.25, 0.3) is 0 Å². The van der Waals surface area contributed by atoms with E-state index in [1.54, 1.807) is 0 Å². The van der Waals surface area contributed by atoms with Gasteiger partial charge in [-0.2, -0.15) is 0 Å². The molecule has 3 atom stereocenters. The van der Waals surface area contributed by atoms with Gasteiger partial charge in [-0.25, -0.2) is 0 Å². The van der Waals surface area contributed by atoms with Crippen molar-refractivity contribution in [1.82, 2.24) is 0 Å². The Bertz CT molecular complexity index is 1040. The molecule has 0 amide bonds. The first-order valence-electron chi connectivity index (χ1n) is 30.2. The van der Waals surface area contributed by atoms with Gasteiger partial charge in [0, 0.05) is 19.3 Å². The van der Waals surface area contributed by atoms with E-state index in [1.807, 2.05) is 0 Å². The van der Waals surface area contributed by atoms with Gasteiger partial charge in [-0.05, 0) is 37.0 Å². The van der Waals surface area contributed by atoms with Gasteiger partial charge in [-0.3, -0.25) is 14.4 Å². The molecule has 0 saturated carbocycles. The van der Waals surface area contributed by atoms with Crippen LogP contribution in [0.15, 0.2) is 0 Å². The molecule has 0 saturated heterocycles. The second-order valence-corrected chi connectivity index (χ2v) is 21.9. The number of esters is 3. The first-order chi connectivity index (χ1) is 32.7. The minimum absolute atomic E-state index is 0.0639. The molecule has 0 aliphatic carbocycles. The maximum Gasteiger partial charge on any atom is 0.306 e. The lowest BCUT2D eigenvalue weighted by Gasteiger charge is -2.18. The Balaban J connectivity index is 4.22. The summed E-state index contributed by atoms with van der Waals surface area (Å²) in [5.41, 5.74) is 0. The van der Waals surface area contributed by atoms with Gasteiger partial charge < -0.3 is 14.2 Å². The SMILES string of the molecule is CCC(C)CCCCCCCCCCCCCCCCC(=O)O[C@@H](COC(=O)CCCCCCCCCCCCCCCCCCCCC(C)C)COC(=O)CCCCCCCCC(C)CC. The Morgan fingerprint density at radius 2 is 0.522 bits per heavy atom. The van der Waals surface area contributed by atoms with Crippen LogP contribution in [0, 0.1) is 17.8 Å². The van der Waals surface area contributed by atoms with Gasteiger partial charge in [0.1, 0.15) is 13.2 Å². The summed E-state index contributed by atoms with van der Waals surface area (Å²) in [6.45, 7) is 13.8. The van der Waals surface area contributed by atoms with Crippen LogP contribution >= 0.6 is 0 Å². The predicted octanol–water partition coefficient (Wildman–Crippen LogP) is 19.9. The number of unbranched alkanes of at least 4 members (excludes halogenated alkanes) is 35. The predicted molar refractivity (Wildman–Crippen MR) is 289 cm³/mol. The smallest absolute Gasteiger partial charge is 0.306 e. The van der Waals surface area contributed by atoms with Gasteiger partial charge in [0.2, 0.25) is 0 Å². The van der Waals surface area contributed by atoms with Crippen LogP contribution in [0.3, 0.4) is 0 Å². The summed E-state index contributed by atoms with van der Waals surface area (Å²) in [5, 5.41) is 0. The largest absolute Gasteiger partial charge is 0.462 e. The molecule has 0 N–H and O–H groups in total. The average Bonchev–Trinajstić information content (AvgIpc) is 3.31. The van der Waals surface area contributed by atoms with E-state index in [-0.39, 0.29) is 31.1 Å². The van der Waals surface area contributed by atoms with Crippen molar-refractivity contribution < 1.29 is 28.6 Å². The first-order valence-corrected chi connectivity index (χ1v) is 30.2. The van der Waals surface area contributed by atoms with Crippen LogP contribution in [0.5, 0.6) is 0 Å². The van der Waals surface area contributed by atoms with E-state index in [0.717, 1.165) is 75.5 Å². The van der Waals surface area contributed by atoms with Crippen molar-refractivity contribution in [2.75, 3.05) is 13.2 Å². The quantitative estimate of drug-likeness (QED) is 0.0343. The van der Waals surface area contributed by atoms with E-state index in [1.165, 1.54) is 218 Å². The highest BCUT2D eigenvalue weighted by Gasteiger charge is 2.19. The topological polar surface area (TPSA) is 78.9 Å². The molecule has 0 spiro atoms. The lowest BCUT2D eigenvalue weighted by atomic mass is 9.99. The monoisotopic (exact) mass is 947 g/mol. The molecule has 0 aliphatic rings. The van der Waals surface area contributed by atoms with E-state index < -0.39 is 6.10 Å². The third-order valence-electron chi connectivity index (χ3n) is 14.6. The number of rotatable bonds is 54. The molecule has 6 heteroatoms. The highest BCUT2D eigenvalue weighted by molar-refractivity contribution is 5.71. The molecule has 2 unspecified atom stereocenters. The van der Waals surface area contributed by atoms with Crippen molar-refractivity contribution in [2.24, 2.45) is 17.8 Å². The van der Waals surface area contributed by atoms with Crippen LogP contribution in [0.4, 0.5) is 0 Å². The summed E-state index contributed by atoms with van der Waals surface area (Å²) >= 11 is 0. The van der Waals surface area contributed by atoms with E-state index in [0.29, 0.717) is 19.3 Å².